The van der Waals surface area contributed by atoms with Gasteiger partial charge in [0, 0.05) is 12.2 Å². The Morgan fingerprint density at radius 1 is 1.14 bits per heavy atom. The van der Waals surface area contributed by atoms with Crippen LogP contribution in [0.4, 0.5) is 10.5 Å². The molecule has 0 radical (unpaired) electrons. The fourth-order valence-corrected chi connectivity index (χ4v) is 2.86. The fraction of sp³-hybridized carbons (Fsp3) is 0.500. The Morgan fingerprint density at radius 2 is 1.77 bits per heavy atom. The van der Waals surface area contributed by atoms with Crippen LogP contribution >= 0.6 is 0 Å². The lowest BCUT2D eigenvalue weighted by atomic mass is 9.84. The highest BCUT2D eigenvalue weighted by Crippen LogP contribution is 2.25. The maximum Gasteiger partial charge on any atom is 0.316 e. The number of hydrogen-bond donors (Lipinski definition) is 4. The van der Waals surface area contributed by atoms with Gasteiger partial charge in [-0.15, -0.1) is 0 Å². The van der Waals surface area contributed by atoms with Crippen molar-refractivity contribution in [2.75, 3.05) is 5.32 Å². The zero-order valence-corrected chi connectivity index (χ0v) is 12.7. The average molecular weight is 304 g/mol. The maximum atomic E-state index is 12.1. The maximum absolute atomic E-state index is 12.1. The molecule has 2 rings (SSSR count). The molecule has 1 saturated carbocycles. The number of carbonyl (C=O) groups is 2. The van der Waals surface area contributed by atoms with Gasteiger partial charge < -0.3 is 22.1 Å². The first-order chi connectivity index (χ1) is 10.6. The lowest BCUT2D eigenvalue weighted by Crippen LogP contribution is -2.45. The summed E-state index contributed by atoms with van der Waals surface area (Å²) in [6, 6.07) is 6.13. The number of nitrogens with one attached hydrogen (secondary N) is 2. The summed E-state index contributed by atoms with van der Waals surface area (Å²) < 4.78 is 0. The van der Waals surface area contributed by atoms with Crippen LogP contribution in [0.3, 0.4) is 0 Å². The van der Waals surface area contributed by atoms with Gasteiger partial charge in [-0.3, -0.25) is 4.79 Å². The molecule has 0 spiro atoms. The monoisotopic (exact) mass is 304 g/mol. The quantitative estimate of drug-likeness (QED) is 0.664. The van der Waals surface area contributed by atoms with Crippen molar-refractivity contribution in [3.63, 3.8) is 0 Å². The molecule has 3 amide bonds. The van der Waals surface area contributed by atoms with Crippen molar-refractivity contribution in [1.29, 1.82) is 0 Å². The zero-order chi connectivity index (χ0) is 15.9. The van der Waals surface area contributed by atoms with Crippen LogP contribution in [-0.4, -0.2) is 18.0 Å². The summed E-state index contributed by atoms with van der Waals surface area (Å²) in [5, 5.41) is 5.37. The van der Waals surface area contributed by atoms with Gasteiger partial charge in [-0.1, -0.05) is 31.4 Å². The molecule has 0 heterocycles. The van der Waals surface area contributed by atoms with Gasteiger partial charge in [0.25, 0.3) is 0 Å². The summed E-state index contributed by atoms with van der Waals surface area (Å²) in [7, 11) is 0. The van der Waals surface area contributed by atoms with Crippen molar-refractivity contribution in [3.05, 3.63) is 29.8 Å². The minimum absolute atomic E-state index is 0.0914. The fourth-order valence-electron chi connectivity index (χ4n) is 2.86. The standard InChI is InChI=1S/C16H24N4O2/c17-14(12-4-2-1-3-5-12)15(21)19-10-11-6-8-13(9-7-11)20-16(18)22/h6-9,12,14H,1-5,10,17H2,(H,19,21)(H3,18,20,22). The van der Waals surface area contributed by atoms with Crippen LogP contribution in [0.25, 0.3) is 0 Å². The molecule has 6 heteroatoms. The summed E-state index contributed by atoms with van der Waals surface area (Å²) in [5.41, 5.74) is 12.7. The topological polar surface area (TPSA) is 110 Å². The van der Waals surface area contributed by atoms with Crippen LogP contribution in [0.5, 0.6) is 0 Å². The first kappa shape index (κ1) is 16.3. The van der Waals surface area contributed by atoms with Crippen molar-refractivity contribution >= 4 is 17.6 Å². The van der Waals surface area contributed by atoms with Crippen LogP contribution in [0.2, 0.25) is 0 Å². The van der Waals surface area contributed by atoms with Gasteiger partial charge in [-0.25, -0.2) is 4.79 Å². The molecule has 6 N–H and O–H groups in total. The van der Waals surface area contributed by atoms with Crippen molar-refractivity contribution in [2.45, 2.75) is 44.7 Å². The van der Waals surface area contributed by atoms with E-state index in [0.717, 1.165) is 18.4 Å². The number of carbonyl (C=O) groups excluding carboxylic acids is 2. The van der Waals surface area contributed by atoms with E-state index in [9.17, 15) is 9.59 Å². The second-order valence-corrected chi connectivity index (χ2v) is 5.83. The third-order valence-electron chi connectivity index (χ3n) is 4.15. The van der Waals surface area contributed by atoms with Crippen LogP contribution in [0, 0.1) is 5.92 Å². The van der Waals surface area contributed by atoms with Gasteiger partial charge in [0.05, 0.1) is 6.04 Å². The van der Waals surface area contributed by atoms with Gasteiger partial charge in [-0.05, 0) is 36.5 Å². The Labute approximate surface area is 130 Å². The molecule has 1 aromatic rings. The number of nitrogens with two attached hydrogens (primary N) is 2. The Bertz CT molecular complexity index is 509. The van der Waals surface area contributed by atoms with Crippen LogP contribution in [-0.2, 0) is 11.3 Å². The van der Waals surface area contributed by atoms with Crippen molar-refractivity contribution in [3.8, 4) is 0 Å². The van der Waals surface area contributed by atoms with Gasteiger partial charge in [-0.2, -0.15) is 0 Å². The lowest BCUT2D eigenvalue weighted by Gasteiger charge is -2.26. The smallest absolute Gasteiger partial charge is 0.316 e. The lowest BCUT2D eigenvalue weighted by molar-refractivity contribution is -0.123. The van der Waals surface area contributed by atoms with Gasteiger partial charge in [0.2, 0.25) is 5.91 Å². The molecule has 1 aromatic carbocycles. The molecule has 1 atom stereocenters. The van der Waals surface area contributed by atoms with Crippen LogP contribution < -0.4 is 22.1 Å². The van der Waals surface area contributed by atoms with E-state index in [-0.39, 0.29) is 5.91 Å². The summed E-state index contributed by atoms with van der Waals surface area (Å²) in [6.07, 6.45) is 5.67. The average Bonchev–Trinajstić information content (AvgIpc) is 2.53. The van der Waals surface area contributed by atoms with E-state index in [4.69, 9.17) is 11.5 Å². The molecule has 0 aliphatic heterocycles. The molecule has 0 aromatic heterocycles. The second kappa shape index (κ2) is 7.79. The third-order valence-corrected chi connectivity index (χ3v) is 4.15. The SMILES string of the molecule is NC(=O)Nc1ccc(CNC(=O)C(N)C2CCCCC2)cc1. The Kier molecular flexibility index (Phi) is 5.77. The van der Waals surface area contributed by atoms with Crippen LogP contribution in [0.1, 0.15) is 37.7 Å². The zero-order valence-electron chi connectivity index (χ0n) is 12.7. The summed E-state index contributed by atoms with van der Waals surface area (Å²) in [6.45, 7) is 0.427. The minimum Gasteiger partial charge on any atom is -0.351 e. The highest BCUT2D eigenvalue weighted by molar-refractivity contribution is 5.87. The van der Waals surface area contributed by atoms with Crippen molar-refractivity contribution in [2.24, 2.45) is 17.4 Å². The summed E-state index contributed by atoms with van der Waals surface area (Å²) >= 11 is 0. The first-order valence-electron chi connectivity index (χ1n) is 7.75. The number of amides is 3. The minimum atomic E-state index is -0.598. The number of hydrogen-bond acceptors (Lipinski definition) is 3. The van der Waals surface area contributed by atoms with Gasteiger partial charge in [0.1, 0.15) is 0 Å². The van der Waals surface area contributed by atoms with E-state index < -0.39 is 12.1 Å². The second-order valence-electron chi connectivity index (χ2n) is 5.83. The van der Waals surface area contributed by atoms with E-state index in [1.54, 1.807) is 12.1 Å². The predicted molar refractivity (Wildman–Crippen MR) is 86.0 cm³/mol. The number of anilines is 1. The third kappa shape index (κ3) is 4.73. The number of benzene rings is 1. The molecule has 1 unspecified atom stereocenters. The molecule has 0 bridgehead atoms. The molecule has 1 aliphatic carbocycles. The molecule has 1 aliphatic rings. The Morgan fingerprint density at radius 3 is 2.36 bits per heavy atom. The summed E-state index contributed by atoms with van der Waals surface area (Å²) in [5.74, 6) is 0.210. The molecule has 6 nitrogen and oxygen atoms in total. The molecular weight excluding hydrogens is 280 g/mol. The largest absolute Gasteiger partial charge is 0.351 e. The number of primary amides is 1. The number of urea groups is 1. The predicted octanol–water partition coefficient (Wildman–Crippen LogP) is 1.70. The van der Waals surface area contributed by atoms with Gasteiger partial charge in [0.15, 0.2) is 0 Å². The van der Waals surface area contributed by atoms with E-state index in [1.807, 2.05) is 12.1 Å². The molecule has 1 fully saturated rings. The van der Waals surface area contributed by atoms with Crippen molar-refractivity contribution in [1.82, 2.24) is 5.32 Å². The van der Waals surface area contributed by atoms with E-state index in [1.165, 1.54) is 19.3 Å². The van der Waals surface area contributed by atoms with E-state index in [2.05, 4.69) is 10.6 Å². The van der Waals surface area contributed by atoms with Crippen LogP contribution in [0.15, 0.2) is 24.3 Å². The highest BCUT2D eigenvalue weighted by Gasteiger charge is 2.25. The van der Waals surface area contributed by atoms with Crippen molar-refractivity contribution < 1.29 is 9.59 Å². The first-order valence-corrected chi connectivity index (χ1v) is 7.75. The summed E-state index contributed by atoms with van der Waals surface area (Å²) in [4.78, 5) is 22.9. The highest BCUT2D eigenvalue weighted by atomic mass is 16.2. The van der Waals surface area contributed by atoms with E-state index >= 15 is 0 Å². The molecule has 0 saturated heterocycles. The molecular formula is C16H24N4O2. The number of rotatable bonds is 5. The normalized spacial score (nSPS) is 16.8. The Balaban J connectivity index is 1.81. The van der Waals surface area contributed by atoms with E-state index in [0.29, 0.717) is 18.2 Å². The molecule has 22 heavy (non-hydrogen) atoms. The molecule has 120 valence electrons. The Hall–Kier alpha value is -2.08. The van der Waals surface area contributed by atoms with Gasteiger partial charge >= 0.3 is 6.03 Å².